The number of hydrogen-bond donors (Lipinski definition) is 1. The van der Waals surface area contributed by atoms with Gasteiger partial charge in [-0.15, -0.1) is 0 Å². The Hall–Kier alpha value is -1.39. The number of furan rings is 1. The highest BCUT2D eigenvalue weighted by Gasteiger charge is 2.15. The molecule has 1 unspecified atom stereocenters. The average molecular weight is 265 g/mol. The smallest absolute Gasteiger partial charge is 0.134 e. The van der Waals surface area contributed by atoms with Crippen LogP contribution in [0.15, 0.2) is 28.7 Å². The summed E-state index contributed by atoms with van der Waals surface area (Å²) in [6.07, 6.45) is 1.89. The lowest BCUT2D eigenvalue weighted by atomic mass is 10.1. The first-order valence-corrected chi connectivity index (χ1v) is 6.66. The molecule has 19 heavy (non-hydrogen) atoms. The van der Waals surface area contributed by atoms with Gasteiger partial charge in [-0.2, -0.15) is 0 Å². The summed E-state index contributed by atoms with van der Waals surface area (Å²) in [6.45, 7) is 3.70. The van der Waals surface area contributed by atoms with Crippen LogP contribution in [0, 0.1) is 5.82 Å². The van der Waals surface area contributed by atoms with E-state index in [1.807, 2.05) is 6.07 Å². The first kappa shape index (κ1) is 14.0. The molecule has 2 aromatic rings. The average Bonchev–Trinajstić information content (AvgIpc) is 2.81. The molecule has 1 N–H and O–H groups in total. The summed E-state index contributed by atoms with van der Waals surface area (Å²) >= 11 is 0. The van der Waals surface area contributed by atoms with Gasteiger partial charge in [-0.3, -0.25) is 0 Å². The highest BCUT2D eigenvalue weighted by Crippen LogP contribution is 2.26. The van der Waals surface area contributed by atoms with Crippen LogP contribution in [-0.4, -0.2) is 20.3 Å². The number of halogens is 1. The second-order valence-corrected chi connectivity index (χ2v) is 4.62. The highest BCUT2D eigenvalue weighted by molar-refractivity contribution is 5.78. The largest absolute Gasteiger partial charge is 0.459 e. The molecule has 0 spiro atoms. The summed E-state index contributed by atoms with van der Waals surface area (Å²) in [6, 6.07) is 6.59. The number of benzene rings is 1. The number of hydrogen-bond acceptors (Lipinski definition) is 3. The molecule has 1 aromatic carbocycles. The minimum atomic E-state index is -0.241. The minimum Gasteiger partial charge on any atom is -0.459 e. The van der Waals surface area contributed by atoms with E-state index in [0.717, 1.165) is 36.1 Å². The normalized spacial score (nSPS) is 13.0. The van der Waals surface area contributed by atoms with E-state index < -0.39 is 0 Å². The SMILES string of the molecule is CCCNC(CCOC)c1cc2cc(F)ccc2o1. The first-order chi connectivity index (χ1) is 9.24. The lowest BCUT2D eigenvalue weighted by molar-refractivity contribution is 0.179. The van der Waals surface area contributed by atoms with Gasteiger partial charge in [-0.1, -0.05) is 6.92 Å². The zero-order valence-corrected chi connectivity index (χ0v) is 11.4. The van der Waals surface area contributed by atoms with Crippen LogP contribution in [0.4, 0.5) is 4.39 Å². The second kappa shape index (κ2) is 6.68. The van der Waals surface area contributed by atoms with Crippen molar-refractivity contribution in [2.45, 2.75) is 25.8 Å². The van der Waals surface area contributed by atoms with Crippen LogP contribution in [0.5, 0.6) is 0 Å². The summed E-state index contributed by atoms with van der Waals surface area (Å²) in [5, 5.41) is 4.23. The summed E-state index contributed by atoms with van der Waals surface area (Å²) in [5.41, 5.74) is 0.720. The van der Waals surface area contributed by atoms with E-state index in [0.29, 0.717) is 6.61 Å². The molecule has 3 nitrogen and oxygen atoms in total. The van der Waals surface area contributed by atoms with Crippen molar-refractivity contribution >= 4 is 11.0 Å². The van der Waals surface area contributed by atoms with Crippen LogP contribution in [0.2, 0.25) is 0 Å². The van der Waals surface area contributed by atoms with Gasteiger partial charge in [0.15, 0.2) is 0 Å². The summed E-state index contributed by atoms with van der Waals surface area (Å²) in [5.74, 6) is 0.598. The number of ether oxygens (including phenoxy) is 1. The second-order valence-electron chi connectivity index (χ2n) is 4.62. The topological polar surface area (TPSA) is 34.4 Å². The summed E-state index contributed by atoms with van der Waals surface area (Å²) in [7, 11) is 1.69. The van der Waals surface area contributed by atoms with Crippen LogP contribution in [0.25, 0.3) is 11.0 Å². The summed E-state index contributed by atoms with van der Waals surface area (Å²) in [4.78, 5) is 0. The van der Waals surface area contributed by atoms with Crippen LogP contribution in [0.3, 0.4) is 0 Å². The van der Waals surface area contributed by atoms with E-state index in [9.17, 15) is 4.39 Å². The van der Waals surface area contributed by atoms with Crippen molar-refractivity contribution in [2.75, 3.05) is 20.3 Å². The van der Waals surface area contributed by atoms with E-state index in [4.69, 9.17) is 9.15 Å². The maximum atomic E-state index is 13.2. The molecular weight excluding hydrogens is 245 g/mol. The molecule has 0 radical (unpaired) electrons. The van der Waals surface area contributed by atoms with E-state index >= 15 is 0 Å². The minimum absolute atomic E-state index is 0.107. The molecule has 0 aliphatic heterocycles. The molecule has 0 saturated heterocycles. The van der Waals surface area contributed by atoms with Crippen LogP contribution in [0.1, 0.15) is 31.6 Å². The van der Waals surface area contributed by atoms with Crippen molar-refractivity contribution in [2.24, 2.45) is 0 Å². The quantitative estimate of drug-likeness (QED) is 0.829. The van der Waals surface area contributed by atoms with Crippen molar-refractivity contribution in [3.63, 3.8) is 0 Å². The van der Waals surface area contributed by atoms with Crippen molar-refractivity contribution in [1.82, 2.24) is 5.32 Å². The predicted molar refractivity (Wildman–Crippen MR) is 73.7 cm³/mol. The molecule has 104 valence electrons. The zero-order valence-electron chi connectivity index (χ0n) is 11.4. The van der Waals surface area contributed by atoms with Gasteiger partial charge in [0.25, 0.3) is 0 Å². The van der Waals surface area contributed by atoms with E-state index in [1.54, 1.807) is 13.2 Å². The molecule has 1 aromatic heterocycles. The Bertz CT molecular complexity index is 516. The monoisotopic (exact) mass is 265 g/mol. The third-order valence-corrected chi connectivity index (χ3v) is 3.09. The molecular formula is C15H20FNO2. The van der Waals surface area contributed by atoms with Crippen molar-refractivity contribution in [1.29, 1.82) is 0 Å². The van der Waals surface area contributed by atoms with Crippen molar-refractivity contribution < 1.29 is 13.5 Å². The molecule has 1 atom stereocenters. The fourth-order valence-electron chi connectivity index (χ4n) is 2.11. The van der Waals surface area contributed by atoms with E-state index in [1.165, 1.54) is 12.1 Å². The number of nitrogens with one attached hydrogen (secondary N) is 1. The highest BCUT2D eigenvalue weighted by atomic mass is 19.1. The van der Waals surface area contributed by atoms with Crippen molar-refractivity contribution in [3.05, 3.63) is 35.8 Å². The maximum Gasteiger partial charge on any atom is 0.134 e. The standard InChI is InChI=1S/C15H20FNO2/c1-3-7-17-13(6-8-18-2)15-10-11-9-12(16)4-5-14(11)19-15/h4-5,9-10,13,17H,3,6-8H2,1-2H3. The third-order valence-electron chi connectivity index (χ3n) is 3.09. The number of fused-ring (bicyclic) bond motifs is 1. The molecule has 4 heteroatoms. The van der Waals surface area contributed by atoms with Gasteiger partial charge in [0.05, 0.1) is 6.04 Å². The van der Waals surface area contributed by atoms with Crippen molar-refractivity contribution in [3.8, 4) is 0 Å². The Kier molecular flexibility index (Phi) is 4.93. The molecule has 0 fully saturated rings. The van der Waals surface area contributed by atoms with Gasteiger partial charge in [0, 0.05) is 19.1 Å². The van der Waals surface area contributed by atoms with Gasteiger partial charge in [-0.25, -0.2) is 4.39 Å². The Morgan fingerprint density at radius 2 is 2.21 bits per heavy atom. The molecule has 0 aliphatic rings. The van der Waals surface area contributed by atoms with E-state index in [2.05, 4.69) is 12.2 Å². The van der Waals surface area contributed by atoms with Gasteiger partial charge in [0.2, 0.25) is 0 Å². The first-order valence-electron chi connectivity index (χ1n) is 6.66. The van der Waals surface area contributed by atoms with Gasteiger partial charge in [-0.05, 0) is 43.7 Å². The van der Waals surface area contributed by atoms with Gasteiger partial charge in [0.1, 0.15) is 17.2 Å². The number of methoxy groups -OCH3 is 1. The lowest BCUT2D eigenvalue weighted by Crippen LogP contribution is -2.22. The zero-order chi connectivity index (χ0) is 13.7. The third kappa shape index (κ3) is 3.55. The summed E-state index contributed by atoms with van der Waals surface area (Å²) < 4.78 is 24.1. The Morgan fingerprint density at radius 3 is 2.95 bits per heavy atom. The van der Waals surface area contributed by atoms with Crippen LogP contribution in [-0.2, 0) is 4.74 Å². The molecule has 2 rings (SSSR count). The maximum absolute atomic E-state index is 13.2. The fraction of sp³-hybridized carbons (Fsp3) is 0.467. The lowest BCUT2D eigenvalue weighted by Gasteiger charge is -2.15. The van der Waals surface area contributed by atoms with E-state index in [-0.39, 0.29) is 11.9 Å². The number of rotatable bonds is 7. The van der Waals surface area contributed by atoms with Crippen LogP contribution >= 0.6 is 0 Å². The Morgan fingerprint density at radius 1 is 1.37 bits per heavy atom. The predicted octanol–water partition coefficient (Wildman–Crippen LogP) is 3.65. The Balaban J connectivity index is 2.21. The molecule has 0 bridgehead atoms. The molecule has 0 amide bonds. The molecule has 0 saturated carbocycles. The van der Waals surface area contributed by atoms with Gasteiger partial charge < -0.3 is 14.5 Å². The Labute approximate surface area is 112 Å². The van der Waals surface area contributed by atoms with Gasteiger partial charge >= 0.3 is 0 Å². The fourth-order valence-corrected chi connectivity index (χ4v) is 2.11. The molecule has 0 aliphatic carbocycles. The van der Waals surface area contributed by atoms with Crippen LogP contribution < -0.4 is 5.32 Å². The molecule has 1 heterocycles.